The van der Waals surface area contributed by atoms with Crippen LogP contribution in [0.1, 0.15) is 100 Å². The molecule has 0 amide bonds. The monoisotopic (exact) mass is 448 g/mol. The average Bonchev–Trinajstić information content (AvgIpc) is 3.22. The summed E-state index contributed by atoms with van der Waals surface area (Å²) in [4.78, 5) is 11.6. The van der Waals surface area contributed by atoms with Gasteiger partial charge in [-0.1, -0.05) is 56.5 Å². The van der Waals surface area contributed by atoms with Crippen LogP contribution in [0.3, 0.4) is 0 Å². The minimum Gasteiger partial charge on any atom is -0.349 e. The molecule has 0 radical (unpaired) electrons. The second-order valence-corrected chi connectivity index (χ2v) is 12.9. The van der Waals surface area contributed by atoms with Gasteiger partial charge in [0.15, 0.2) is 5.79 Å². The van der Waals surface area contributed by atoms with Gasteiger partial charge in [0.2, 0.25) is 0 Å². The lowest BCUT2D eigenvalue weighted by Gasteiger charge is -2.54. The fourth-order valence-corrected chi connectivity index (χ4v) is 8.38. The SMILES string of the molecule is CC1(C)COC2(CCC3=C4C(c5cccc(C=O)c5)CC5(C)CCCC5C4CCC3C2)OC1. The van der Waals surface area contributed by atoms with Crippen LogP contribution in [0.15, 0.2) is 35.4 Å². The summed E-state index contributed by atoms with van der Waals surface area (Å²) in [6, 6.07) is 8.49. The molecular weight excluding hydrogens is 408 g/mol. The lowest BCUT2D eigenvalue weighted by molar-refractivity contribution is -0.312. The number of carbonyl (C=O) groups excluding carboxylic acids is 1. The van der Waals surface area contributed by atoms with Crippen molar-refractivity contribution in [3.8, 4) is 0 Å². The number of benzene rings is 1. The summed E-state index contributed by atoms with van der Waals surface area (Å²) in [6.07, 6.45) is 12.1. The topological polar surface area (TPSA) is 35.5 Å². The fraction of sp³-hybridized carbons (Fsp3) is 0.700. The van der Waals surface area contributed by atoms with Gasteiger partial charge in [-0.2, -0.15) is 0 Å². The van der Waals surface area contributed by atoms with Crippen LogP contribution in [0.2, 0.25) is 0 Å². The van der Waals surface area contributed by atoms with Crippen molar-refractivity contribution in [2.75, 3.05) is 13.2 Å². The first-order valence-corrected chi connectivity index (χ1v) is 13.4. The third-order valence-electron chi connectivity index (χ3n) is 10.0. The minimum absolute atomic E-state index is 0.118. The van der Waals surface area contributed by atoms with E-state index in [9.17, 15) is 4.79 Å². The van der Waals surface area contributed by atoms with Gasteiger partial charge in [-0.25, -0.2) is 0 Å². The van der Waals surface area contributed by atoms with Crippen molar-refractivity contribution in [1.29, 1.82) is 0 Å². The zero-order valence-corrected chi connectivity index (χ0v) is 20.7. The van der Waals surface area contributed by atoms with Crippen molar-refractivity contribution in [3.05, 3.63) is 46.5 Å². The molecule has 3 saturated carbocycles. The molecule has 5 atom stereocenters. The molecule has 4 fully saturated rings. The van der Waals surface area contributed by atoms with Crippen molar-refractivity contribution in [3.63, 3.8) is 0 Å². The van der Waals surface area contributed by atoms with E-state index in [0.29, 0.717) is 17.3 Å². The quantitative estimate of drug-likeness (QED) is 0.358. The summed E-state index contributed by atoms with van der Waals surface area (Å²) in [5.74, 6) is 2.26. The maximum atomic E-state index is 11.6. The molecule has 6 rings (SSSR count). The Morgan fingerprint density at radius 2 is 1.82 bits per heavy atom. The molecule has 1 spiro atoms. The standard InChI is InChI=1S/C30H40O3/c1-28(2)18-32-30(33-19-28)13-11-23-22(15-30)9-10-24-26-8-5-12-29(26,3)16-25(27(23)24)21-7-4-6-20(14-21)17-31/h4,6-7,14,17,22,24-26H,5,8-13,15-16,18-19H2,1-3H3. The number of fused-ring (bicyclic) bond motifs is 4. The molecule has 0 aromatic heterocycles. The number of ether oxygens (including phenoxy) is 2. The number of hydrogen-bond donors (Lipinski definition) is 0. The fourth-order valence-electron chi connectivity index (χ4n) is 8.38. The molecule has 5 unspecified atom stereocenters. The first-order valence-electron chi connectivity index (χ1n) is 13.4. The van der Waals surface area contributed by atoms with Gasteiger partial charge in [-0.3, -0.25) is 4.79 Å². The highest BCUT2D eigenvalue weighted by Gasteiger charge is 2.55. The van der Waals surface area contributed by atoms with Crippen molar-refractivity contribution < 1.29 is 14.3 Å². The summed E-state index contributed by atoms with van der Waals surface area (Å²) in [7, 11) is 0. The maximum Gasteiger partial charge on any atom is 0.169 e. The van der Waals surface area contributed by atoms with E-state index in [-0.39, 0.29) is 11.2 Å². The van der Waals surface area contributed by atoms with E-state index in [1.165, 1.54) is 44.1 Å². The molecule has 178 valence electrons. The third-order valence-corrected chi connectivity index (χ3v) is 10.0. The normalized spacial score (nSPS) is 39.0. The number of carbonyl (C=O) groups is 1. The number of rotatable bonds is 2. The molecule has 1 saturated heterocycles. The molecule has 33 heavy (non-hydrogen) atoms. The Kier molecular flexibility index (Phi) is 5.20. The molecule has 1 aromatic carbocycles. The number of hydrogen-bond acceptors (Lipinski definition) is 3. The highest BCUT2D eigenvalue weighted by molar-refractivity contribution is 5.75. The molecule has 3 nitrogen and oxygen atoms in total. The predicted molar refractivity (Wildman–Crippen MR) is 130 cm³/mol. The summed E-state index contributed by atoms with van der Waals surface area (Å²) in [5.41, 5.74) is 6.25. The van der Waals surface area contributed by atoms with Gasteiger partial charge in [0.25, 0.3) is 0 Å². The van der Waals surface area contributed by atoms with Gasteiger partial charge in [0.1, 0.15) is 6.29 Å². The van der Waals surface area contributed by atoms with E-state index in [2.05, 4.69) is 39.0 Å². The number of aldehydes is 1. The van der Waals surface area contributed by atoms with Crippen LogP contribution in [-0.4, -0.2) is 25.3 Å². The lowest BCUT2D eigenvalue weighted by Crippen LogP contribution is -2.51. The summed E-state index contributed by atoms with van der Waals surface area (Å²) >= 11 is 0. The smallest absolute Gasteiger partial charge is 0.169 e. The Hall–Kier alpha value is -1.45. The summed E-state index contributed by atoms with van der Waals surface area (Å²) in [5, 5.41) is 0. The molecule has 4 aliphatic carbocycles. The van der Waals surface area contributed by atoms with E-state index in [0.717, 1.165) is 56.2 Å². The van der Waals surface area contributed by atoms with Gasteiger partial charge in [0, 0.05) is 29.7 Å². The van der Waals surface area contributed by atoms with Crippen molar-refractivity contribution in [1.82, 2.24) is 0 Å². The molecule has 5 aliphatic rings. The van der Waals surface area contributed by atoms with Crippen LogP contribution in [-0.2, 0) is 9.47 Å². The van der Waals surface area contributed by atoms with Gasteiger partial charge in [0.05, 0.1) is 13.2 Å². The van der Waals surface area contributed by atoms with Crippen LogP contribution in [0.25, 0.3) is 0 Å². The van der Waals surface area contributed by atoms with Gasteiger partial charge in [-0.15, -0.1) is 0 Å². The first kappa shape index (κ1) is 22.0. The zero-order chi connectivity index (χ0) is 22.8. The van der Waals surface area contributed by atoms with Crippen LogP contribution in [0, 0.1) is 28.6 Å². The molecule has 0 N–H and O–H groups in total. The Balaban J connectivity index is 1.38. The molecule has 3 heteroatoms. The van der Waals surface area contributed by atoms with E-state index in [1.54, 1.807) is 11.1 Å². The maximum absolute atomic E-state index is 11.6. The second kappa shape index (κ2) is 7.78. The van der Waals surface area contributed by atoms with Gasteiger partial charge in [-0.05, 0) is 73.3 Å². The Bertz CT molecular complexity index is 965. The Labute approximate surface area is 199 Å². The van der Waals surface area contributed by atoms with Crippen LogP contribution in [0.4, 0.5) is 0 Å². The first-order chi connectivity index (χ1) is 15.8. The minimum atomic E-state index is -0.361. The Morgan fingerprint density at radius 3 is 2.61 bits per heavy atom. The zero-order valence-electron chi connectivity index (χ0n) is 20.7. The van der Waals surface area contributed by atoms with Crippen LogP contribution < -0.4 is 0 Å². The predicted octanol–water partition coefficient (Wildman–Crippen LogP) is 7.07. The summed E-state index contributed by atoms with van der Waals surface area (Å²) in [6.45, 7) is 8.64. The van der Waals surface area contributed by atoms with Gasteiger partial charge >= 0.3 is 0 Å². The highest BCUT2D eigenvalue weighted by Crippen LogP contribution is 2.64. The van der Waals surface area contributed by atoms with E-state index < -0.39 is 0 Å². The largest absolute Gasteiger partial charge is 0.349 e. The molecule has 1 aromatic rings. The van der Waals surface area contributed by atoms with Gasteiger partial charge < -0.3 is 9.47 Å². The molecule has 1 aliphatic heterocycles. The average molecular weight is 449 g/mol. The highest BCUT2D eigenvalue weighted by atomic mass is 16.7. The molecular formula is C30H40O3. The van der Waals surface area contributed by atoms with E-state index >= 15 is 0 Å². The summed E-state index contributed by atoms with van der Waals surface area (Å²) < 4.78 is 12.9. The van der Waals surface area contributed by atoms with Crippen LogP contribution >= 0.6 is 0 Å². The van der Waals surface area contributed by atoms with E-state index in [4.69, 9.17) is 9.47 Å². The van der Waals surface area contributed by atoms with Crippen molar-refractivity contribution in [2.24, 2.45) is 28.6 Å². The van der Waals surface area contributed by atoms with E-state index in [1.807, 2.05) is 6.07 Å². The third kappa shape index (κ3) is 3.65. The van der Waals surface area contributed by atoms with Crippen molar-refractivity contribution in [2.45, 2.75) is 90.3 Å². The van der Waals surface area contributed by atoms with Crippen LogP contribution in [0.5, 0.6) is 0 Å². The molecule has 1 heterocycles. The second-order valence-electron chi connectivity index (χ2n) is 12.9. The number of allylic oxidation sites excluding steroid dienone is 2. The van der Waals surface area contributed by atoms with Crippen molar-refractivity contribution >= 4 is 6.29 Å². The Morgan fingerprint density at radius 1 is 1.00 bits per heavy atom. The lowest BCUT2D eigenvalue weighted by atomic mass is 9.52. The molecule has 0 bridgehead atoms.